The molecule has 0 amide bonds. The molecule has 0 saturated heterocycles. The van der Waals surface area contributed by atoms with Gasteiger partial charge in [-0.15, -0.1) is 0 Å². The van der Waals surface area contributed by atoms with Crippen LogP contribution in [0.1, 0.15) is 0 Å². The first-order chi connectivity index (χ1) is 9.84. The van der Waals surface area contributed by atoms with Crippen LogP contribution in [0.15, 0.2) is 60.7 Å². The maximum Gasteiger partial charge on any atom is 0.117 e. The Kier molecular flexibility index (Phi) is 2.33. The summed E-state index contributed by atoms with van der Waals surface area (Å²) >= 11 is 0. The minimum Gasteiger partial charge on any atom is -0.508 e. The molecule has 4 rings (SSSR count). The molecule has 0 unspecified atom stereocenters. The summed E-state index contributed by atoms with van der Waals surface area (Å²) in [6.45, 7) is 0.818. The van der Waals surface area contributed by atoms with Gasteiger partial charge in [0, 0.05) is 23.4 Å². The zero-order valence-electron chi connectivity index (χ0n) is 10.9. The topological polar surface area (TPSA) is 37.2 Å². The van der Waals surface area contributed by atoms with Gasteiger partial charge in [-0.25, -0.2) is 0 Å². The minimum absolute atomic E-state index is 0.286. The number of hydrogen-bond donors (Lipinski definition) is 2. The molecule has 3 aromatic rings. The predicted molar refractivity (Wildman–Crippen MR) is 82.5 cm³/mol. The van der Waals surface area contributed by atoms with Crippen molar-refractivity contribution < 1.29 is 5.11 Å². The van der Waals surface area contributed by atoms with Crippen LogP contribution >= 0.6 is 0 Å². The van der Waals surface area contributed by atoms with Gasteiger partial charge in [0.05, 0.1) is 11.0 Å². The first-order valence-electron chi connectivity index (χ1n) is 6.68. The van der Waals surface area contributed by atoms with Crippen LogP contribution in [0, 0.1) is 0 Å². The highest BCUT2D eigenvalue weighted by molar-refractivity contribution is 6.10. The normalized spacial score (nSPS) is 14.5. The third-order valence-electron chi connectivity index (χ3n) is 3.69. The van der Waals surface area contributed by atoms with E-state index in [2.05, 4.69) is 40.2 Å². The van der Waals surface area contributed by atoms with Gasteiger partial charge in [0.25, 0.3) is 0 Å². The summed E-state index contributed by atoms with van der Waals surface area (Å²) in [6, 6.07) is 13.8. The molecule has 0 atom stereocenters. The fraction of sp³-hybridized carbons (Fsp3) is 0.0588. The first kappa shape index (κ1) is 11.2. The molecule has 0 bridgehead atoms. The molecule has 1 aromatic heterocycles. The Labute approximate surface area is 116 Å². The number of rotatable bonds is 1. The standard InChI is InChI=1S/C17H14N2O/c20-12-8-9-14-13-5-1-2-6-15(13)19(16(14)11-12)17-7-3-4-10-18-17/h1-9,11,18,20H,10H2. The summed E-state index contributed by atoms with van der Waals surface area (Å²) in [7, 11) is 0. The van der Waals surface area contributed by atoms with E-state index in [-0.39, 0.29) is 5.75 Å². The van der Waals surface area contributed by atoms with E-state index in [0.717, 1.165) is 28.8 Å². The summed E-state index contributed by atoms with van der Waals surface area (Å²) < 4.78 is 2.16. The van der Waals surface area contributed by atoms with Gasteiger partial charge in [0.15, 0.2) is 0 Å². The average molecular weight is 262 g/mol. The van der Waals surface area contributed by atoms with Crippen molar-refractivity contribution in [2.45, 2.75) is 0 Å². The number of aromatic nitrogens is 1. The molecule has 3 heteroatoms. The van der Waals surface area contributed by atoms with Crippen molar-refractivity contribution in [2.75, 3.05) is 6.54 Å². The third kappa shape index (κ3) is 1.53. The van der Waals surface area contributed by atoms with Crippen LogP contribution < -0.4 is 5.32 Å². The molecular formula is C17H14N2O. The second-order valence-corrected chi connectivity index (χ2v) is 4.91. The molecule has 0 radical (unpaired) electrons. The molecule has 0 saturated carbocycles. The number of hydrogen-bond acceptors (Lipinski definition) is 2. The molecule has 2 N–H and O–H groups in total. The second kappa shape index (κ2) is 4.17. The van der Waals surface area contributed by atoms with Gasteiger partial charge in [-0.3, -0.25) is 4.57 Å². The van der Waals surface area contributed by atoms with E-state index in [1.807, 2.05) is 24.3 Å². The molecule has 1 aliphatic rings. The first-order valence-corrected chi connectivity index (χ1v) is 6.68. The second-order valence-electron chi connectivity index (χ2n) is 4.91. The lowest BCUT2D eigenvalue weighted by molar-refractivity contribution is 0.476. The summed E-state index contributed by atoms with van der Waals surface area (Å²) in [5, 5.41) is 15.5. The lowest BCUT2D eigenvalue weighted by Gasteiger charge is -2.15. The molecule has 3 nitrogen and oxygen atoms in total. The van der Waals surface area contributed by atoms with E-state index in [1.165, 1.54) is 5.39 Å². The van der Waals surface area contributed by atoms with Crippen molar-refractivity contribution in [3.05, 3.63) is 60.7 Å². The van der Waals surface area contributed by atoms with Crippen LogP contribution in [0.4, 0.5) is 0 Å². The zero-order valence-corrected chi connectivity index (χ0v) is 10.9. The van der Waals surface area contributed by atoms with Crippen molar-refractivity contribution in [3.63, 3.8) is 0 Å². The van der Waals surface area contributed by atoms with Gasteiger partial charge in [-0.2, -0.15) is 0 Å². The van der Waals surface area contributed by atoms with E-state index >= 15 is 0 Å². The molecule has 0 spiro atoms. The largest absolute Gasteiger partial charge is 0.508 e. The van der Waals surface area contributed by atoms with Gasteiger partial charge in [-0.05, 0) is 24.3 Å². The Balaban J connectivity index is 2.17. The van der Waals surface area contributed by atoms with Crippen molar-refractivity contribution in [1.82, 2.24) is 9.88 Å². The molecule has 0 fully saturated rings. The molecule has 1 aliphatic heterocycles. The summed E-state index contributed by atoms with van der Waals surface area (Å²) in [4.78, 5) is 0. The molecule has 20 heavy (non-hydrogen) atoms. The number of nitrogens with zero attached hydrogens (tertiary/aromatic N) is 1. The van der Waals surface area contributed by atoms with Gasteiger partial charge in [-0.1, -0.05) is 30.4 Å². The molecule has 2 heterocycles. The number of nitrogens with one attached hydrogen (secondary N) is 1. The monoisotopic (exact) mass is 262 g/mol. The molecular weight excluding hydrogens is 248 g/mol. The van der Waals surface area contributed by atoms with E-state index in [4.69, 9.17) is 0 Å². The number of phenols is 1. The van der Waals surface area contributed by atoms with Crippen molar-refractivity contribution in [3.8, 4) is 5.75 Å². The van der Waals surface area contributed by atoms with Crippen molar-refractivity contribution in [1.29, 1.82) is 0 Å². The molecule has 0 aliphatic carbocycles. The van der Waals surface area contributed by atoms with Crippen molar-refractivity contribution >= 4 is 27.6 Å². The van der Waals surface area contributed by atoms with Crippen LogP contribution in [-0.2, 0) is 0 Å². The summed E-state index contributed by atoms with van der Waals surface area (Å²) in [5.41, 5.74) is 2.16. The smallest absolute Gasteiger partial charge is 0.117 e. The highest BCUT2D eigenvalue weighted by Gasteiger charge is 2.13. The Morgan fingerprint density at radius 2 is 1.85 bits per heavy atom. The number of phenolic OH excluding ortho intramolecular Hbond substituents is 1. The fourth-order valence-electron chi connectivity index (χ4n) is 2.82. The Hall–Kier alpha value is -2.68. The molecule has 98 valence electrons. The maximum atomic E-state index is 9.81. The summed E-state index contributed by atoms with van der Waals surface area (Å²) in [6.07, 6.45) is 6.18. The van der Waals surface area contributed by atoms with Crippen LogP contribution in [0.3, 0.4) is 0 Å². The number of allylic oxidation sites excluding steroid dienone is 2. The Bertz CT molecular complexity index is 871. The van der Waals surface area contributed by atoms with Gasteiger partial charge in [0.2, 0.25) is 0 Å². The number of fused-ring (bicyclic) bond motifs is 3. The average Bonchev–Trinajstić information content (AvgIpc) is 2.81. The van der Waals surface area contributed by atoms with Crippen LogP contribution in [-0.4, -0.2) is 16.2 Å². The van der Waals surface area contributed by atoms with Gasteiger partial charge < -0.3 is 10.4 Å². The fourth-order valence-corrected chi connectivity index (χ4v) is 2.82. The number of benzene rings is 2. The van der Waals surface area contributed by atoms with E-state index in [9.17, 15) is 5.11 Å². The minimum atomic E-state index is 0.286. The highest BCUT2D eigenvalue weighted by atomic mass is 16.3. The molecule has 2 aromatic carbocycles. The quantitative estimate of drug-likeness (QED) is 0.704. The third-order valence-corrected chi connectivity index (χ3v) is 3.69. The van der Waals surface area contributed by atoms with Crippen LogP contribution in [0.25, 0.3) is 27.6 Å². The highest BCUT2D eigenvalue weighted by Crippen LogP contribution is 2.33. The SMILES string of the molecule is Oc1ccc2c3ccccc3n(C3=CC=CCN3)c2c1. The Morgan fingerprint density at radius 1 is 1.00 bits per heavy atom. The Morgan fingerprint density at radius 3 is 2.70 bits per heavy atom. The maximum absolute atomic E-state index is 9.81. The predicted octanol–water partition coefficient (Wildman–Crippen LogP) is 3.46. The van der Waals surface area contributed by atoms with E-state index < -0.39 is 0 Å². The van der Waals surface area contributed by atoms with Crippen LogP contribution in [0.5, 0.6) is 5.75 Å². The lowest BCUT2D eigenvalue weighted by atomic mass is 10.1. The number of aromatic hydroxyl groups is 1. The van der Waals surface area contributed by atoms with E-state index in [1.54, 1.807) is 6.07 Å². The van der Waals surface area contributed by atoms with Gasteiger partial charge >= 0.3 is 0 Å². The zero-order chi connectivity index (χ0) is 13.5. The van der Waals surface area contributed by atoms with Crippen molar-refractivity contribution in [2.24, 2.45) is 0 Å². The number of dihydropyridines is 1. The number of para-hydroxylation sites is 1. The van der Waals surface area contributed by atoms with Gasteiger partial charge in [0.1, 0.15) is 11.6 Å². The van der Waals surface area contributed by atoms with Crippen LogP contribution in [0.2, 0.25) is 0 Å². The lowest BCUT2D eigenvalue weighted by Crippen LogP contribution is -2.19. The summed E-state index contributed by atoms with van der Waals surface area (Å²) in [5.74, 6) is 1.32. The van der Waals surface area contributed by atoms with E-state index in [0.29, 0.717) is 0 Å².